The molecule has 0 atom stereocenters. The molecule has 0 saturated carbocycles. The van der Waals surface area contributed by atoms with Gasteiger partial charge in [-0.25, -0.2) is 5.43 Å². The van der Waals surface area contributed by atoms with Crippen LogP contribution >= 0.6 is 0 Å². The standard InChI is InChI=1S/C33H30N4O3/c1-21(23-8-10-27-19-31(39-3)14-12-25(27)16-23)34-36-30-7-5-6-29(18-30)33(38)37-35-22(2)24-9-11-28-20-32(40-4)15-13-26(28)17-24/h5-20,36H,1-4H3,(H,37,38). The van der Waals surface area contributed by atoms with E-state index in [1.165, 1.54) is 0 Å². The Morgan fingerprint density at radius 1 is 0.600 bits per heavy atom. The monoisotopic (exact) mass is 530 g/mol. The summed E-state index contributed by atoms with van der Waals surface area (Å²) in [6, 6.07) is 31.2. The van der Waals surface area contributed by atoms with Crippen molar-refractivity contribution >= 4 is 44.6 Å². The highest BCUT2D eigenvalue weighted by molar-refractivity contribution is 6.04. The summed E-state index contributed by atoms with van der Waals surface area (Å²) in [5.74, 6) is 1.33. The molecule has 0 heterocycles. The Kier molecular flexibility index (Phi) is 7.73. The third kappa shape index (κ3) is 5.94. The Bertz CT molecular complexity index is 1780. The van der Waals surface area contributed by atoms with Gasteiger partial charge in [0.15, 0.2) is 0 Å². The van der Waals surface area contributed by atoms with E-state index in [9.17, 15) is 4.79 Å². The third-order valence-corrected chi connectivity index (χ3v) is 6.73. The lowest BCUT2D eigenvalue weighted by atomic mass is 10.0. The lowest BCUT2D eigenvalue weighted by Gasteiger charge is -2.08. The molecular formula is C33H30N4O3. The number of carbonyl (C=O) groups excluding carboxylic acids is 1. The van der Waals surface area contributed by atoms with E-state index in [-0.39, 0.29) is 5.91 Å². The van der Waals surface area contributed by atoms with Gasteiger partial charge in [0.1, 0.15) is 11.5 Å². The minimum atomic E-state index is -0.306. The molecule has 0 aromatic heterocycles. The maximum atomic E-state index is 12.8. The molecule has 0 unspecified atom stereocenters. The first kappa shape index (κ1) is 26.4. The molecule has 0 fully saturated rings. The summed E-state index contributed by atoms with van der Waals surface area (Å²) < 4.78 is 10.6. The molecule has 7 nitrogen and oxygen atoms in total. The summed E-state index contributed by atoms with van der Waals surface area (Å²) >= 11 is 0. The maximum Gasteiger partial charge on any atom is 0.271 e. The summed E-state index contributed by atoms with van der Waals surface area (Å²) in [6.07, 6.45) is 0. The van der Waals surface area contributed by atoms with E-state index in [1.54, 1.807) is 32.4 Å². The van der Waals surface area contributed by atoms with Crippen molar-refractivity contribution in [1.82, 2.24) is 5.43 Å². The molecule has 5 rings (SSSR count). The number of amides is 1. The van der Waals surface area contributed by atoms with E-state index in [0.29, 0.717) is 17.0 Å². The molecule has 0 aliphatic rings. The van der Waals surface area contributed by atoms with Crippen LogP contribution in [-0.4, -0.2) is 31.6 Å². The molecule has 5 aromatic carbocycles. The van der Waals surface area contributed by atoms with Crippen molar-refractivity contribution in [2.45, 2.75) is 13.8 Å². The fourth-order valence-corrected chi connectivity index (χ4v) is 4.36. The second-order valence-corrected chi connectivity index (χ2v) is 9.38. The zero-order chi connectivity index (χ0) is 28.1. The van der Waals surface area contributed by atoms with Crippen molar-refractivity contribution in [3.05, 3.63) is 114 Å². The SMILES string of the molecule is COc1ccc2cc(C(C)=NNC(=O)c3cccc(NN=C(C)c4ccc5cc(OC)ccc5c4)c3)ccc2c1. The number of nitrogens with zero attached hydrogens (tertiary/aromatic N) is 2. The molecular weight excluding hydrogens is 500 g/mol. The minimum absolute atomic E-state index is 0.306. The second-order valence-electron chi connectivity index (χ2n) is 9.38. The number of benzene rings is 5. The number of methoxy groups -OCH3 is 2. The molecule has 0 radical (unpaired) electrons. The number of rotatable bonds is 8. The highest BCUT2D eigenvalue weighted by Gasteiger charge is 2.08. The van der Waals surface area contributed by atoms with E-state index in [2.05, 4.69) is 33.2 Å². The fourth-order valence-electron chi connectivity index (χ4n) is 4.36. The van der Waals surface area contributed by atoms with Gasteiger partial charge in [0.05, 0.1) is 31.3 Å². The zero-order valence-electron chi connectivity index (χ0n) is 22.9. The fraction of sp³-hybridized carbons (Fsp3) is 0.121. The Morgan fingerprint density at radius 2 is 1.12 bits per heavy atom. The highest BCUT2D eigenvalue weighted by atomic mass is 16.5. The maximum absolute atomic E-state index is 12.8. The van der Waals surface area contributed by atoms with Gasteiger partial charge in [0.25, 0.3) is 5.91 Å². The van der Waals surface area contributed by atoms with E-state index >= 15 is 0 Å². The highest BCUT2D eigenvalue weighted by Crippen LogP contribution is 2.23. The van der Waals surface area contributed by atoms with Gasteiger partial charge in [-0.05, 0) is 101 Å². The first-order valence-corrected chi connectivity index (χ1v) is 12.8. The van der Waals surface area contributed by atoms with Crippen LogP contribution in [-0.2, 0) is 0 Å². The number of ether oxygens (including phenoxy) is 2. The van der Waals surface area contributed by atoms with Gasteiger partial charge in [0.2, 0.25) is 0 Å². The van der Waals surface area contributed by atoms with Crippen molar-refractivity contribution in [3.8, 4) is 11.5 Å². The number of hydrogen-bond acceptors (Lipinski definition) is 6. The van der Waals surface area contributed by atoms with Crippen LogP contribution in [0.15, 0.2) is 107 Å². The number of hydrogen-bond donors (Lipinski definition) is 2. The molecule has 0 saturated heterocycles. The molecule has 7 heteroatoms. The quantitative estimate of drug-likeness (QED) is 0.167. The molecule has 200 valence electrons. The molecule has 5 aromatic rings. The summed E-state index contributed by atoms with van der Waals surface area (Å²) in [5, 5.41) is 13.2. The van der Waals surface area contributed by atoms with Crippen LogP contribution in [0.1, 0.15) is 35.3 Å². The Balaban J connectivity index is 1.25. The van der Waals surface area contributed by atoms with E-state index in [1.807, 2.05) is 80.6 Å². The largest absolute Gasteiger partial charge is 0.497 e. The van der Waals surface area contributed by atoms with Crippen molar-refractivity contribution in [1.29, 1.82) is 0 Å². The smallest absolute Gasteiger partial charge is 0.271 e. The predicted octanol–water partition coefficient (Wildman–Crippen LogP) is 7.00. The molecule has 0 aliphatic carbocycles. The number of carbonyl (C=O) groups is 1. The normalized spacial score (nSPS) is 11.9. The minimum Gasteiger partial charge on any atom is -0.497 e. The van der Waals surface area contributed by atoms with Crippen molar-refractivity contribution < 1.29 is 14.3 Å². The van der Waals surface area contributed by atoms with E-state index in [4.69, 9.17) is 9.47 Å². The topological polar surface area (TPSA) is 84.3 Å². The Morgan fingerprint density at radius 3 is 1.70 bits per heavy atom. The molecule has 2 N–H and O–H groups in total. The summed E-state index contributed by atoms with van der Waals surface area (Å²) in [7, 11) is 3.31. The number of fused-ring (bicyclic) bond motifs is 2. The number of anilines is 1. The lowest BCUT2D eigenvalue weighted by Crippen LogP contribution is -2.19. The van der Waals surface area contributed by atoms with Crippen molar-refractivity contribution in [3.63, 3.8) is 0 Å². The first-order chi connectivity index (χ1) is 19.4. The average molecular weight is 531 g/mol. The van der Waals surface area contributed by atoms with Crippen LogP contribution in [0.4, 0.5) is 5.69 Å². The lowest BCUT2D eigenvalue weighted by molar-refractivity contribution is 0.0955. The molecule has 0 bridgehead atoms. The Hall–Kier alpha value is -5.17. The summed E-state index contributed by atoms with van der Waals surface area (Å²) in [5.41, 5.74) is 10.3. The van der Waals surface area contributed by atoms with Gasteiger partial charge in [-0.1, -0.05) is 42.5 Å². The average Bonchev–Trinajstić information content (AvgIpc) is 3.01. The van der Waals surface area contributed by atoms with Crippen LogP contribution in [0.3, 0.4) is 0 Å². The van der Waals surface area contributed by atoms with Crippen LogP contribution in [0.25, 0.3) is 21.5 Å². The zero-order valence-corrected chi connectivity index (χ0v) is 22.9. The Labute approximate surface area is 233 Å². The number of hydrazone groups is 2. The molecule has 40 heavy (non-hydrogen) atoms. The van der Waals surface area contributed by atoms with Crippen LogP contribution in [0, 0.1) is 0 Å². The second kappa shape index (κ2) is 11.7. The van der Waals surface area contributed by atoms with Gasteiger partial charge < -0.3 is 9.47 Å². The van der Waals surface area contributed by atoms with Crippen LogP contribution in [0.2, 0.25) is 0 Å². The summed E-state index contributed by atoms with van der Waals surface area (Å²) in [4.78, 5) is 12.8. The van der Waals surface area contributed by atoms with Gasteiger partial charge >= 0.3 is 0 Å². The number of nitrogens with one attached hydrogen (secondary N) is 2. The van der Waals surface area contributed by atoms with Gasteiger partial charge in [0, 0.05) is 5.56 Å². The molecule has 1 amide bonds. The third-order valence-electron chi connectivity index (χ3n) is 6.73. The molecule has 0 spiro atoms. The van der Waals surface area contributed by atoms with E-state index < -0.39 is 0 Å². The van der Waals surface area contributed by atoms with Gasteiger partial charge in [-0.15, -0.1) is 0 Å². The van der Waals surface area contributed by atoms with Crippen LogP contribution in [0.5, 0.6) is 11.5 Å². The van der Waals surface area contributed by atoms with Gasteiger partial charge in [-0.3, -0.25) is 10.2 Å². The van der Waals surface area contributed by atoms with Crippen molar-refractivity contribution in [2.75, 3.05) is 19.6 Å². The van der Waals surface area contributed by atoms with Crippen molar-refractivity contribution in [2.24, 2.45) is 10.2 Å². The predicted molar refractivity (Wildman–Crippen MR) is 163 cm³/mol. The molecule has 0 aliphatic heterocycles. The van der Waals surface area contributed by atoms with E-state index in [0.717, 1.165) is 49.9 Å². The summed E-state index contributed by atoms with van der Waals surface area (Å²) in [6.45, 7) is 3.80. The first-order valence-electron chi connectivity index (χ1n) is 12.8. The van der Waals surface area contributed by atoms with Gasteiger partial charge in [-0.2, -0.15) is 10.2 Å². The van der Waals surface area contributed by atoms with Crippen LogP contribution < -0.4 is 20.3 Å².